The van der Waals surface area contributed by atoms with Crippen LogP contribution in [-0.4, -0.2) is 8.42 Å². The molecule has 192 valence electrons. The zero-order valence-electron chi connectivity index (χ0n) is 20.3. The molecule has 5 aromatic carbocycles. The molecule has 0 amide bonds. The third-order valence-electron chi connectivity index (χ3n) is 6.26. The van der Waals surface area contributed by atoms with E-state index in [0.717, 1.165) is 23.8 Å². The van der Waals surface area contributed by atoms with Crippen LogP contribution in [0.3, 0.4) is 0 Å². The van der Waals surface area contributed by atoms with Gasteiger partial charge in [0, 0.05) is 0 Å². The van der Waals surface area contributed by atoms with Gasteiger partial charge in [0.05, 0.1) is 0 Å². The second-order valence-electron chi connectivity index (χ2n) is 8.74. The first-order valence-electron chi connectivity index (χ1n) is 11.9. The molecule has 0 fully saturated rings. The van der Waals surface area contributed by atoms with E-state index in [1.807, 2.05) is 55.5 Å². The van der Waals surface area contributed by atoms with Gasteiger partial charge in [-0.1, -0.05) is 0 Å². The summed E-state index contributed by atoms with van der Waals surface area (Å²) in [4.78, 5) is 0.215. The number of halogens is 3. The molecule has 0 atom stereocenters. The van der Waals surface area contributed by atoms with E-state index in [4.69, 9.17) is 11.4 Å². The fourth-order valence-corrected chi connectivity index (χ4v) is 17.5. The number of hydrogen-bond donors (Lipinski definition) is 0. The SMILES string of the molecule is Cc1ccc(S(=O)(=O)OI2c3ccccc3-c3ccccc32)cc1.ClI1c2ccccc2-c2ccccc21. The van der Waals surface area contributed by atoms with Crippen LogP contribution < -0.4 is 0 Å². The summed E-state index contributed by atoms with van der Waals surface area (Å²) < 4.78 is 36.1. The minimum absolute atomic E-state index is 0.215. The van der Waals surface area contributed by atoms with Crippen molar-refractivity contribution < 1.29 is 10.9 Å². The average molecular weight is 765 g/mol. The van der Waals surface area contributed by atoms with Gasteiger partial charge in [0.25, 0.3) is 0 Å². The molecule has 0 N–H and O–H groups in total. The summed E-state index contributed by atoms with van der Waals surface area (Å²) in [7, 11) is 2.75. The summed E-state index contributed by atoms with van der Waals surface area (Å²) in [5.41, 5.74) is 5.91. The molecule has 2 heterocycles. The van der Waals surface area contributed by atoms with Crippen LogP contribution >= 0.6 is 47.8 Å². The van der Waals surface area contributed by atoms with Crippen molar-refractivity contribution in [2.24, 2.45) is 0 Å². The maximum atomic E-state index is 12.7. The van der Waals surface area contributed by atoms with Crippen LogP contribution in [0.15, 0.2) is 126 Å². The number of rotatable bonds is 3. The predicted molar refractivity (Wildman–Crippen MR) is 172 cm³/mol. The molecule has 2 aliphatic rings. The van der Waals surface area contributed by atoms with Gasteiger partial charge in [-0.05, 0) is 0 Å². The Hall–Kier alpha value is -2.24. The van der Waals surface area contributed by atoms with Crippen molar-refractivity contribution in [1.82, 2.24) is 0 Å². The van der Waals surface area contributed by atoms with E-state index >= 15 is 0 Å². The predicted octanol–water partition coefficient (Wildman–Crippen LogP) is 9.21. The summed E-state index contributed by atoms with van der Waals surface area (Å²) >= 11 is -4.04. The van der Waals surface area contributed by atoms with Gasteiger partial charge < -0.3 is 0 Å². The summed E-state index contributed by atoms with van der Waals surface area (Å²) in [6.07, 6.45) is 0. The van der Waals surface area contributed by atoms with E-state index in [1.165, 1.54) is 18.3 Å². The molecular weight excluding hydrogens is 742 g/mol. The number of benzene rings is 5. The van der Waals surface area contributed by atoms with Gasteiger partial charge in [0.2, 0.25) is 0 Å². The molecule has 0 aliphatic carbocycles. The maximum absolute atomic E-state index is 12.7. The molecule has 7 heteroatoms. The van der Waals surface area contributed by atoms with Crippen molar-refractivity contribution in [2.45, 2.75) is 11.8 Å². The Balaban J connectivity index is 0.000000159. The van der Waals surface area contributed by atoms with Gasteiger partial charge in [0.1, 0.15) is 0 Å². The van der Waals surface area contributed by atoms with Crippen molar-refractivity contribution in [2.75, 3.05) is 0 Å². The Morgan fingerprint density at radius 2 is 0.921 bits per heavy atom. The van der Waals surface area contributed by atoms with Crippen molar-refractivity contribution in [3.05, 3.63) is 141 Å². The molecular formula is C31H23ClI2O3S. The Morgan fingerprint density at radius 3 is 1.37 bits per heavy atom. The Labute approximate surface area is 242 Å². The summed E-state index contributed by atoms with van der Waals surface area (Å²) in [5.74, 6) is 0. The quantitative estimate of drug-likeness (QED) is 0.172. The van der Waals surface area contributed by atoms with Crippen LogP contribution in [0.25, 0.3) is 22.3 Å². The number of fused-ring (bicyclic) bond motifs is 6. The van der Waals surface area contributed by atoms with Crippen LogP contribution in [0.2, 0.25) is 0 Å². The van der Waals surface area contributed by atoms with Crippen molar-refractivity contribution in [1.29, 1.82) is 0 Å². The minimum atomic E-state index is -3.78. The standard InChI is InChI=1S/C19H15IO3S.C12H8ClI/c1-14-10-12-15(13-11-14)24(21,22)23-20-18-8-4-2-6-16(18)17-7-3-5-9-19(17)20;13-14-11-7-3-1-5-9(11)10-6-2-4-8-12(10)14/h2-13H,1H3;1-8H. The molecule has 0 unspecified atom stereocenters. The van der Waals surface area contributed by atoms with Gasteiger partial charge in [-0.15, -0.1) is 0 Å². The van der Waals surface area contributed by atoms with E-state index in [9.17, 15) is 8.42 Å². The monoisotopic (exact) mass is 764 g/mol. The van der Waals surface area contributed by atoms with E-state index in [0.29, 0.717) is 0 Å². The van der Waals surface area contributed by atoms with E-state index < -0.39 is 49.0 Å². The van der Waals surface area contributed by atoms with E-state index in [2.05, 4.69) is 48.5 Å². The van der Waals surface area contributed by atoms with Crippen LogP contribution in [0, 0.1) is 21.2 Å². The molecule has 2 aliphatic heterocycles. The number of hydrogen-bond acceptors (Lipinski definition) is 3. The first kappa shape index (κ1) is 26.0. The van der Waals surface area contributed by atoms with Crippen LogP contribution in [0.4, 0.5) is 0 Å². The zero-order valence-corrected chi connectivity index (χ0v) is 26.2. The average Bonchev–Trinajstić information content (AvgIpc) is 3.42. The first-order valence-corrected chi connectivity index (χ1v) is 21.2. The molecule has 3 nitrogen and oxygen atoms in total. The zero-order chi connectivity index (χ0) is 26.3. The van der Waals surface area contributed by atoms with Crippen LogP contribution in [-0.2, 0) is 12.6 Å². The van der Waals surface area contributed by atoms with Crippen molar-refractivity contribution in [3.63, 3.8) is 0 Å². The first-order chi connectivity index (χ1) is 18.4. The van der Waals surface area contributed by atoms with Gasteiger partial charge in [0.15, 0.2) is 0 Å². The molecule has 5 aromatic rings. The molecule has 0 bridgehead atoms. The fourth-order valence-electron chi connectivity index (χ4n) is 4.42. The van der Waals surface area contributed by atoms with Gasteiger partial charge in [-0.3, -0.25) is 0 Å². The second kappa shape index (κ2) is 10.7. The summed E-state index contributed by atoms with van der Waals surface area (Å²) in [6.45, 7) is 1.93. The van der Waals surface area contributed by atoms with Gasteiger partial charge in [-0.25, -0.2) is 0 Å². The number of aryl methyl sites for hydroxylation is 1. The Bertz CT molecular complexity index is 1660. The van der Waals surface area contributed by atoms with E-state index in [-0.39, 0.29) is 4.90 Å². The third kappa shape index (κ3) is 4.81. The third-order valence-corrected chi connectivity index (χ3v) is 19.9. The van der Waals surface area contributed by atoms with Crippen LogP contribution in [0.5, 0.6) is 0 Å². The fraction of sp³-hybridized carbons (Fsp3) is 0.0323. The molecule has 0 radical (unpaired) electrons. The second-order valence-corrected chi connectivity index (χ2v) is 20.7. The molecule has 0 saturated carbocycles. The summed E-state index contributed by atoms with van der Waals surface area (Å²) in [6, 6.07) is 39.7. The molecule has 7 rings (SSSR count). The van der Waals surface area contributed by atoms with Crippen LogP contribution in [0.1, 0.15) is 5.56 Å². The molecule has 0 saturated heterocycles. The van der Waals surface area contributed by atoms with Crippen molar-refractivity contribution >= 4 is 58.0 Å². The van der Waals surface area contributed by atoms with E-state index in [1.54, 1.807) is 24.3 Å². The molecule has 38 heavy (non-hydrogen) atoms. The molecule has 0 aromatic heterocycles. The Kier molecular flexibility index (Phi) is 7.34. The van der Waals surface area contributed by atoms with Gasteiger partial charge >= 0.3 is 244 Å². The normalized spacial score (nSPS) is 14.6. The Morgan fingerprint density at radius 1 is 0.553 bits per heavy atom. The topological polar surface area (TPSA) is 43.4 Å². The molecule has 0 spiro atoms. The summed E-state index contributed by atoms with van der Waals surface area (Å²) in [5, 5.41) is 0. The van der Waals surface area contributed by atoms with Gasteiger partial charge in [-0.2, -0.15) is 0 Å². The van der Waals surface area contributed by atoms with Crippen molar-refractivity contribution in [3.8, 4) is 22.3 Å².